The summed E-state index contributed by atoms with van der Waals surface area (Å²) < 4.78 is 5.16. The zero-order valence-corrected chi connectivity index (χ0v) is 17.5. The van der Waals surface area contributed by atoms with Gasteiger partial charge in [-0.15, -0.1) is 0 Å². The van der Waals surface area contributed by atoms with Gasteiger partial charge in [-0.05, 0) is 47.5 Å². The van der Waals surface area contributed by atoms with Crippen LogP contribution in [0, 0.1) is 10.1 Å². The monoisotopic (exact) mass is 445 g/mol. The molecule has 33 heavy (non-hydrogen) atoms. The van der Waals surface area contributed by atoms with Gasteiger partial charge in [0.15, 0.2) is 0 Å². The zero-order valence-electron chi connectivity index (χ0n) is 17.5. The summed E-state index contributed by atoms with van der Waals surface area (Å²) in [5.74, 6) is -1.33. The highest BCUT2D eigenvalue weighted by Crippen LogP contribution is 2.40. The minimum absolute atomic E-state index is 0.0893. The van der Waals surface area contributed by atoms with Crippen LogP contribution in [0.25, 0.3) is 5.76 Å². The maximum Gasteiger partial charge on any atom is 0.295 e. The first-order chi connectivity index (χ1) is 15.9. The van der Waals surface area contributed by atoms with E-state index in [0.29, 0.717) is 11.3 Å². The van der Waals surface area contributed by atoms with Crippen molar-refractivity contribution in [3.8, 4) is 5.75 Å². The van der Waals surface area contributed by atoms with E-state index in [1.165, 1.54) is 41.6 Å². The Bertz CT molecular complexity index is 1240. The number of rotatable bonds is 6. The van der Waals surface area contributed by atoms with E-state index >= 15 is 0 Å². The quantitative estimate of drug-likeness (QED) is 0.202. The Labute approximate surface area is 188 Å². The van der Waals surface area contributed by atoms with E-state index in [1.54, 1.807) is 43.5 Å². The number of non-ortho nitro benzene ring substituents is 1. The number of carbonyl (C=O) groups is 2. The number of aliphatic hydroxyl groups excluding tert-OH is 1. The molecule has 4 rings (SSSR count). The molecule has 0 radical (unpaired) electrons. The molecule has 0 aliphatic carbocycles. The molecule has 1 aliphatic rings. The average molecular weight is 445 g/mol. The average Bonchev–Trinajstić information content (AvgIpc) is 3.09. The number of nitro benzene ring substituents is 1. The van der Waals surface area contributed by atoms with E-state index in [4.69, 9.17) is 4.74 Å². The Morgan fingerprint density at radius 2 is 1.70 bits per heavy atom. The standard InChI is InChI=1S/C24H19N3O6/c1-33-19-8-2-15(3-9-19)14-26-21(16-10-12-25-13-11-16)20(23(29)24(26)30)22(28)17-4-6-18(7-5-17)27(31)32/h2-13,21,28H,14H2,1H3/b22-20-. The molecule has 9 heteroatoms. The van der Waals surface area contributed by atoms with Crippen LogP contribution in [0.4, 0.5) is 5.69 Å². The van der Waals surface area contributed by atoms with Gasteiger partial charge in [0, 0.05) is 36.6 Å². The van der Waals surface area contributed by atoms with Gasteiger partial charge in [0.05, 0.1) is 23.6 Å². The number of ketones is 1. The van der Waals surface area contributed by atoms with E-state index in [1.807, 2.05) is 0 Å². The van der Waals surface area contributed by atoms with Crippen LogP contribution in [-0.2, 0) is 16.1 Å². The molecule has 9 nitrogen and oxygen atoms in total. The zero-order chi connectivity index (χ0) is 23.5. The van der Waals surface area contributed by atoms with Gasteiger partial charge in [0.2, 0.25) is 0 Å². The SMILES string of the molecule is COc1ccc(CN2C(=O)C(=O)/C(=C(\O)c3ccc([N+](=O)[O-])cc3)C2c2ccncc2)cc1. The number of pyridine rings is 1. The van der Waals surface area contributed by atoms with Gasteiger partial charge in [-0.2, -0.15) is 0 Å². The number of aromatic nitrogens is 1. The summed E-state index contributed by atoms with van der Waals surface area (Å²) in [6.07, 6.45) is 3.07. The van der Waals surface area contributed by atoms with Gasteiger partial charge in [-0.1, -0.05) is 12.1 Å². The highest BCUT2D eigenvalue weighted by molar-refractivity contribution is 6.46. The van der Waals surface area contributed by atoms with E-state index in [9.17, 15) is 24.8 Å². The molecule has 1 amide bonds. The van der Waals surface area contributed by atoms with Crippen LogP contribution < -0.4 is 4.74 Å². The first kappa shape index (κ1) is 21.7. The number of hydrogen-bond acceptors (Lipinski definition) is 7. The number of aliphatic hydroxyl groups is 1. The third kappa shape index (κ3) is 4.16. The number of hydrogen-bond donors (Lipinski definition) is 1. The highest BCUT2D eigenvalue weighted by Gasteiger charge is 2.46. The van der Waals surface area contributed by atoms with Crippen molar-refractivity contribution in [3.63, 3.8) is 0 Å². The number of Topliss-reactive ketones (excluding diaryl/α,β-unsaturated/α-hetero) is 1. The number of likely N-dealkylation sites (tertiary alicyclic amines) is 1. The summed E-state index contributed by atoms with van der Waals surface area (Å²) in [6.45, 7) is 0.124. The lowest BCUT2D eigenvalue weighted by atomic mass is 9.95. The molecule has 0 bridgehead atoms. The second-order valence-corrected chi connectivity index (χ2v) is 7.36. The van der Waals surface area contributed by atoms with E-state index in [0.717, 1.165) is 5.56 Å². The number of methoxy groups -OCH3 is 1. The Morgan fingerprint density at radius 1 is 1.06 bits per heavy atom. The summed E-state index contributed by atoms with van der Waals surface area (Å²) in [7, 11) is 1.55. The largest absolute Gasteiger partial charge is 0.507 e. The van der Waals surface area contributed by atoms with Crippen molar-refractivity contribution in [1.82, 2.24) is 9.88 Å². The third-order valence-electron chi connectivity index (χ3n) is 5.43. The van der Waals surface area contributed by atoms with Gasteiger partial charge >= 0.3 is 0 Å². The number of carbonyl (C=O) groups excluding carboxylic acids is 2. The number of ether oxygens (including phenoxy) is 1. The topological polar surface area (TPSA) is 123 Å². The van der Waals surface area contributed by atoms with Gasteiger partial charge in [0.1, 0.15) is 11.5 Å². The van der Waals surface area contributed by atoms with Crippen LogP contribution in [-0.4, -0.2) is 38.7 Å². The Hall–Kier alpha value is -4.53. The molecule has 1 unspecified atom stereocenters. The fourth-order valence-corrected chi connectivity index (χ4v) is 3.76. The summed E-state index contributed by atoms with van der Waals surface area (Å²) in [5.41, 5.74) is 1.32. The molecule has 166 valence electrons. The number of nitro groups is 1. The van der Waals surface area contributed by atoms with E-state index in [2.05, 4.69) is 4.98 Å². The molecule has 1 aliphatic heterocycles. The van der Waals surface area contributed by atoms with Crippen LogP contribution >= 0.6 is 0 Å². The number of amides is 1. The predicted octanol–water partition coefficient (Wildman–Crippen LogP) is 3.62. The Balaban J connectivity index is 1.79. The van der Waals surface area contributed by atoms with Gasteiger partial charge in [-0.3, -0.25) is 24.7 Å². The minimum atomic E-state index is -0.856. The van der Waals surface area contributed by atoms with Gasteiger partial charge in [0.25, 0.3) is 17.4 Å². The molecular formula is C24H19N3O6. The van der Waals surface area contributed by atoms with Crippen molar-refractivity contribution in [2.24, 2.45) is 0 Å². The van der Waals surface area contributed by atoms with Crippen molar-refractivity contribution in [3.05, 3.63) is 105 Å². The summed E-state index contributed by atoms with van der Waals surface area (Å²) in [6, 6.07) is 14.7. The molecular weight excluding hydrogens is 426 g/mol. The lowest BCUT2D eigenvalue weighted by Crippen LogP contribution is -2.29. The smallest absolute Gasteiger partial charge is 0.295 e. The van der Waals surface area contributed by atoms with E-state index < -0.39 is 28.4 Å². The molecule has 0 spiro atoms. The molecule has 1 fully saturated rings. The Morgan fingerprint density at radius 3 is 2.27 bits per heavy atom. The van der Waals surface area contributed by atoms with Crippen molar-refractivity contribution >= 4 is 23.1 Å². The molecule has 0 saturated carbocycles. The second kappa shape index (κ2) is 8.91. The normalized spacial score (nSPS) is 17.2. The molecule has 1 N–H and O–H groups in total. The maximum atomic E-state index is 13.0. The van der Waals surface area contributed by atoms with Crippen LogP contribution in [0.3, 0.4) is 0 Å². The minimum Gasteiger partial charge on any atom is -0.507 e. The van der Waals surface area contributed by atoms with E-state index in [-0.39, 0.29) is 23.4 Å². The fraction of sp³-hybridized carbons (Fsp3) is 0.125. The van der Waals surface area contributed by atoms with Crippen molar-refractivity contribution in [2.45, 2.75) is 12.6 Å². The van der Waals surface area contributed by atoms with Crippen LogP contribution in [0.15, 0.2) is 78.6 Å². The van der Waals surface area contributed by atoms with Gasteiger partial charge in [-0.25, -0.2) is 0 Å². The summed E-state index contributed by atoms with van der Waals surface area (Å²) in [4.78, 5) is 41.8. The van der Waals surface area contributed by atoms with Gasteiger partial charge < -0.3 is 14.7 Å². The first-order valence-electron chi connectivity index (χ1n) is 9.97. The van der Waals surface area contributed by atoms with Crippen molar-refractivity contribution in [1.29, 1.82) is 0 Å². The lowest BCUT2D eigenvalue weighted by Gasteiger charge is -2.25. The molecule has 3 aromatic rings. The molecule has 1 atom stereocenters. The molecule has 1 saturated heterocycles. The Kier molecular flexibility index (Phi) is 5.86. The fourth-order valence-electron chi connectivity index (χ4n) is 3.76. The maximum absolute atomic E-state index is 13.0. The second-order valence-electron chi connectivity index (χ2n) is 7.36. The third-order valence-corrected chi connectivity index (χ3v) is 5.43. The first-order valence-corrected chi connectivity index (χ1v) is 9.97. The molecule has 2 heterocycles. The lowest BCUT2D eigenvalue weighted by molar-refractivity contribution is -0.384. The molecule has 2 aromatic carbocycles. The summed E-state index contributed by atoms with van der Waals surface area (Å²) in [5, 5.41) is 21.9. The number of benzene rings is 2. The molecule has 1 aromatic heterocycles. The van der Waals surface area contributed by atoms with Crippen LogP contribution in [0.2, 0.25) is 0 Å². The van der Waals surface area contributed by atoms with Crippen LogP contribution in [0.5, 0.6) is 5.75 Å². The van der Waals surface area contributed by atoms with Crippen molar-refractivity contribution < 1.29 is 24.4 Å². The van der Waals surface area contributed by atoms with Crippen LogP contribution in [0.1, 0.15) is 22.7 Å². The summed E-state index contributed by atoms with van der Waals surface area (Å²) >= 11 is 0. The highest BCUT2D eigenvalue weighted by atomic mass is 16.6. The van der Waals surface area contributed by atoms with Crippen molar-refractivity contribution in [2.75, 3.05) is 7.11 Å². The number of nitrogens with zero attached hydrogens (tertiary/aromatic N) is 3. The predicted molar refractivity (Wildman–Crippen MR) is 118 cm³/mol.